The van der Waals surface area contributed by atoms with Crippen LogP contribution < -0.4 is 0 Å². The van der Waals surface area contributed by atoms with Gasteiger partial charge in [-0.3, -0.25) is 0 Å². The number of hydrogen-bond acceptors (Lipinski definition) is 2. The Bertz CT molecular complexity index is 820. The molecule has 107 valence electrons. The quantitative estimate of drug-likeness (QED) is 0.677. The number of benzene rings is 1. The van der Waals surface area contributed by atoms with Gasteiger partial charge in [0.25, 0.3) is 0 Å². The third kappa shape index (κ3) is 2.61. The Kier molecular flexibility index (Phi) is 3.82. The molecular formula is C15H11Cl3N3. The molecule has 2 heterocycles. The normalized spacial score (nSPS) is 11.3. The summed E-state index contributed by atoms with van der Waals surface area (Å²) < 4.78 is 1.74. The van der Waals surface area contributed by atoms with Crippen LogP contribution >= 0.6 is 34.8 Å². The minimum atomic E-state index is 0.471. The number of imidazole rings is 1. The third-order valence-electron chi connectivity index (χ3n) is 3.40. The zero-order valence-electron chi connectivity index (χ0n) is 11.4. The van der Waals surface area contributed by atoms with Gasteiger partial charge in [-0.1, -0.05) is 40.9 Å². The molecule has 3 rings (SSSR count). The number of halogens is 3. The van der Waals surface area contributed by atoms with Gasteiger partial charge in [0.2, 0.25) is 0 Å². The molecule has 0 amide bonds. The Hall–Kier alpha value is -1.29. The van der Waals surface area contributed by atoms with E-state index in [0.29, 0.717) is 21.6 Å². The number of hydrogen-bond donors (Lipinski definition) is 0. The highest BCUT2D eigenvalue weighted by Crippen LogP contribution is 2.27. The lowest BCUT2D eigenvalue weighted by atomic mass is 10.1. The fourth-order valence-electron chi connectivity index (χ4n) is 2.18. The molecule has 1 aromatic carbocycles. The maximum atomic E-state index is 6.21. The van der Waals surface area contributed by atoms with Gasteiger partial charge in [-0.05, 0) is 37.1 Å². The van der Waals surface area contributed by atoms with Crippen molar-refractivity contribution in [3.8, 4) is 0 Å². The van der Waals surface area contributed by atoms with E-state index in [1.54, 1.807) is 16.6 Å². The highest BCUT2D eigenvalue weighted by Gasteiger charge is 2.14. The van der Waals surface area contributed by atoms with Crippen molar-refractivity contribution in [1.82, 2.24) is 14.6 Å². The van der Waals surface area contributed by atoms with Crippen molar-refractivity contribution in [2.75, 3.05) is 0 Å². The van der Waals surface area contributed by atoms with Crippen LogP contribution in [0.2, 0.25) is 15.2 Å². The molecule has 0 aliphatic heterocycles. The second-order valence-corrected chi connectivity index (χ2v) is 5.97. The van der Waals surface area contributed by atoms with Gasteiger partial charge in [-0.25, -0.2) is 9.50 Å². The van der Waals surface area contributed by atoms with Gasteiger partial charge < -0.3 is 0 Å². The summed E-state index contributed by atoms with van der Waals surface area (Å²) in [5.74, 6) is 0. The first-order valence-corrected chi connectivity index (χ1v) is 7.46. The minimum Gasteiger partial charge on any atom is -0.231 e. The molecule has 0 N–H and O–H groups in total. The van der Waals surface area contributed by atoms with E-state index in [1.807, 2.05) is 19.9 Å². The Morgan fingerprint density at radius 2 is 2.00 bits per heavy atom. The Balaban J connectivity index is 2.11. The molecule has 21 heavy (non-hydrogen) atoms. The number of fused-ring (bicyclic) bond motifs is 1. The summed E-state index contributed by atoms with van der Waals surface area (Å²) in [4.78, 5) is 4.60. The second-order valence-electron chi connectivity index (χ2n) is 4.83. The fraction of sp³-hybridized carbons (Fsp3) is 0.200. The van der Waals surface area contributed by atoms with Crippen molar-refractivity contribution in [2.45, 2.75) is 20.3 Å². The second kappa shape index (κ2) is 5.48. The SMILES string of the molecule is Cc1cc2nc(Cc3c(Cl)[c]ccc3Cl)c(C)n2nc1Cl. The zero-order chi connectivity index (χ0) is 15.1. The first-order chi connectivity index (χ1) is 9.97. The number of rotatable bonds is 2. The molecule has 0 saturated carbocycles. The van der Waals surface area contributed by atoms with E-state index in [2.05, 4.69) is 16.1 Å². The summed E-state index contributed by atoms with van der Waals surface area (Å²) >= 11 is 18.4. The minimum absolute atomic E-state index is 0.471. The van der Waals surface area contributed by atoms with Crippen molar-refractivity contribution in [3.05, 3.63) is 62.0 Å². The van der Waals surface area contributed by atoms with Gasteiger partial charge in [-0.2, -0.15) is 5.10 Å². The van der Waals surface area contributed by atoms with Crippen LogP contribution in [0.1, 0.15) is 22.5 Å². The Morgan fingerprint density at radius 1 is 1.24 bits per heavy atom. The maximum Gasteiger partial charge on any atom is 0.154 e. The van der Waals surface area contributed by atoms with Crippen LogP contribution in [0, 0.1) is 19.9 Å². The highest BCUT2D eigenvalue weighted by atomic mass is 35.5. The molecule has 0 spiro atoms. The van der Waals surface area contributed by atoms with Crippen molar-refractivity contribution < 1.29 is 0 Å². The lowest BCUT2D eigenvalue weighted by molar-refractivity contribution is 0.885. The van der Waals surface area contributed by atoms with E-state index in [1.165, 1.54) is 0 Å². The van der Waals surface area contributed by atoms with E-state index in [-0.39, 0.29) is 0 Å². The van der Waals surface area contributed by atoms with Gasteiger partial charge in [0, 0.05) is 17.5 Å². The zero-order valence-corrected chi connectivity index (χ0v) is 13.7. The van der Waals surface area contributed by atoms with Crippen LogP contribution in [-0.2, 0) is 6.42 Å². The van der Waals surface area contributed by atoms with Gasteiger partial charge in [0.1, 0.15) is 0 Å². The van der Waals surface area contributed by atoms with E-state index >= 15 is 0 Å². The highest BCUT2D eigenvalue weighted by molar-refractivity contribution is 6.35. The third-order valence-corrected chi connectivity index (χ3v) is 4.46. The molecule has 0 atom stereocenters. The van der Waals surface area contributed by atoms with E-state index in [4.69, 9.17) is 34.8 Å². The summed E-state index contributed by atoms with van der Waals surface area (Å²) in [6.07, 6.45) is 0.529. The lowest BCUT2D eigenvalue weighted by Gasteiger charge is -2.05. The van der Waals surface area contributed by atoms with E-state index in [9.17, 15) is 0 Å². The molecule has 2 aromatic heterocycles. The predicted molar refractivity (Wildman–Crippen MR) is 85.6 cm³/mol. The van der Waals surface area contributed by atoms with E-state index in [0.717, 1.165) is 28.2 Å². The van der Waals surface area contributed by atoms with Gasteiger partial charge in [-0.15, -0.1) is 0 Å². The van der Waals surface area contributed by atoms with Crippen LogP contribution in [0.25, 0.3) is 5.65 Å². The van der Waals surface area contributed by atoms with Crippen LogP contribution in [-0.4, -0.2) is 14.6 Å². The number of aromatic nitrogens is 3. The van der Waals surface area contributed by atoms with Crippen LogP contribution in [0.3, 0.4) is 0 Å². The van der Waals surface area contributed by atoms with Crippen LogP contribution in [0.5, 0.6) is 0 Å². The Labute approximate surface area is 137 Å². The molecule has 1 radical (unpaired) electrons. The van der Waals surface area contributed by atoms with Crippen molar-refractivity contribution in [1.29, 1.82) is 0 Å². The average molecular weight is 340 g/mol. The van der Waals surface area contributed by atoms with Gasteiger partial charge >= 0.3 is 0 Å². The topological polar surface area (TPSA) is 30.2 Å². The van der Waals surface area contributed by atoms with Crippen molar-refractivity contribution >= 4 is 40.4 Å². The smallest absolute Gasteiger partial charge is 0.154 e. The molecule has 0 aliphatic carbocycles. The summed E-state index contributed by atoms with van der Waals surface area (Å²) in [6.45, 7) is 3.85. The molecule has 0 unspecified atom stereocenters. The largest absolute Gasteiger partial charge is 0.231 e. The van der Waals surface area contributed by atoms with E-state index < -0.39 is 0 Å². The summed E-state index contributed by atoms with van der Waals surface area (Å²) in [5.41, 5.74) is 4.26. The molecule has 0 fully saturated rings. The number of nitrogens with zero attached hydrogens (tertiary/aromatic N) is 3. The van der Waals surface area contributed by atoms with Crippen LogP contribution in [0.15, 0.2) is 18.2 Å². The summed E-state index contributed by atoms with van der Waals surface area (Å²) in [6, 6.07) is 8.33. The van der Waals surface area contributed by atoms with Gasteiger partial charge in [0.15, 0.2) is 10.8 Å². The first kappa shape index (κ1) is 14.6. The molecule has 0 saturated heterocycles. The molecule has 0 bridgehead atoms. The van der Waals surface area contributed by atoms with Crippen molar-refractivity contribution in [2.24, 2.45) is 0 Å². The predicted octanol–water partition coefficient (Wildman–Crippen LogP) is 4.70. The van der Waals surface area contributed by atoms with Gasteiger partial charge in [0.05, 0.1) is 16.4 Å². The van der Waals surface area contributed by atoms with Crippen molar-refractivity contribution in [3.63, 3.8) is 0 Å². The fourth-order valence-corrected chi connectivity index (χ4v) is 2.81. The summed E-state index contributed by atoms with van der Waals surface area (Å²) in [7, 11) is 0. The van der Waals surface area contributed by atoms with Crippen LogP contribution in [0.4, 0.5) is 0 Å². The average Bonchev–Trinajstić information content (AvgIpc) is 2.72. The molecule has 0 aliphatic rings. The molecule has 6 heteroatoms. The first-order valence-electron chi connectivity index (χ1n) is 6.33. The molecule has 3 aromatic rings. The monoisotopic (exact) mass is 338 g/mol. The summed E-state index contributed by atoms with van der Waals surface area (Å²) in [5, 5.41) is 5.92. The molecule has 3 nitrogen and oxygen atoms in total. The number of aryl methyl sites for hydroxylation is 2. The Morgan fingerprint density at radius 3 is 2.71 bits per heavy atom. The maximum absolute atomic E-state index is 6.21. The molecular weight excluding hydrogens is 329 g/mol. The standard InChI is InChI=1S/C15H11Cl3N3/c1-8-6-14-19-13(9(2)21(14)20-15(8)18)7-10-11(16)4-3-5-12(10)17/h3-4,6H,7H2,1-2H3. The lowest BCUT2D eigenvalue weighted by Crippen LogP contribution is -1.97.